The molecule has 5 fully saturated rings. The van der Waals surface area contributed by atoms with Crippen LogP contribution in [0.1, 0.15) is 98.8 Å². The van der Waals surface area contributed by atoms with Crippen molar-refractivity contribution < 1.29 is 20.2 Å². The molecule has 0 aromatic carbocycles. The SMILES string of the molecule is C=C(C)[C@@H]1CC[C@]2(C(=O)O)CC[C@]3(C)C(CCC4[C@@]5(C)CC/C(=N\O)[C@@](C)(CO)[C@@H]5CC[C@]43C)C12. The number of hydrogen-bond acceptors (Lipinski definition) is 4. The third-order valence-electron chi connectivity index (χ3n) is 13.5. The molecule has 10 atom stereocenters. The fourth-order valence-electron chi connectivity index (χ4n) is 11.5. The van der Waals surface area contributed by atoms with Gasteiger partial charge in [-0.15, -0.1) is 0 Å². The maximum absolute atomic E-state index is 12.8. The summed E-state index contributed by atoms with van der Waals surface area (Å²) in [6, 6.07) is 0. The molecule has 0 spiro atoms. The van der Waals surface area contributed by atoms with E-state index in [0.717, 1.165) is 69.9 Å². The van der Waals surface area contributed by atoms with Gasteiger partial charge in [0, 0.05) is 5.41 Å². The summed E-state index contributed by atoms with van der Waals surface area (Å²) in [5, 5.41) is 34.5. The fourth-order valence-corrected chi connectivity index (χ4v) is 11.5. The van der Waals surface area contributed by atoms with Crippen molar-refractivity contribution in [3.63, 3.8) is 0 Å². The molecule has 0 saturated heterocycles. The Kier molecular flexibility index (Phi) is 5.65. The van der Waals surface area contributed by atoms with Gasteiger partial charge in [-0.3, -0.25) is 4.79 Å². The van der Waals surface area contributed by atoms with E-state index >= 15 is 0 Å². The van der Waals surface area contributed by atoms with E-state index in [1.807, 2.05) is 0 Å². The summed E-state index contributed by atoms with van der Waals surface area (Å²) in [7, 11) is 0. The summed E-state index contributed by atoms with van der Waals surface area (Å²) < 4.78 is 0. The van der Waals surface area contributed by atoms with Crippen LogP contribution in [0.2, 0.25) is 0 Å². The standard InChI is InChI=1S/C30H47NO4/c1-18(2)19-9-14-30(25(33)34)16-15-28(5)20(24(19)30)7-8-22-26(3)12-11-23(31-35)27(4,17-32)21(26)10-13-29(22,28)6/h19-22,24,32,35H,1,7-17H2,2-6H3,(H,33,34)/b31-23+/t19-,20?,21+,22?,24?,26-,27-,28+,29+,30-/m0/s1. The molecule has 0 aromatic rings. The number of carboxylic acid groups (broad SMARTS) is 1. The van der Waals surface area contributed by atoms with Crippen LogP contribution in [0.25, 0.3) is 0 Å². The lowest BCUT2D eigenvalue weighted by molar-refractivity contribution is -0.232. The largest absolute Gasteiger partial charge is 0.481 e. The highest BCUT2D eigenvalue weighted by molar-refractivity contribution is 5.91. The zero-order valence-electron chi connectivity index (χ0n) is 22.6. The third-order valence-corrected chi connectivity index (χ3v) is 13.5. The summed E-state index contributed by atoms with van der Waals surface area (Å²) >= 11 is 0. The summed E-state index contributed by atoms with van der Waals surface area (Å²) in [5.74, 6) is 1.19. The number of carboxylic acids is 1. The fraction of sp³-hybridized carbons (Fsp3) is 0.867. The Morgan fingerprint density at radius 2 is 1.69 bits per heavy atom. The number of oxime groups is 1. The lowest BCUT2D eigenvalue weighted by atomic mass is 9.32. The van der Waals surface area contributed by atoms with Crippen LogP contribution in [-0.2, 0) is 4.79 Å². The number of aliphatic hydroxyl groups excluding tert-OH is 1. The lowest BCUT2D eigenvalue weighted by Crippen LogP contribution is -2.67. The van der Waals surface area contributed by atoms with Crippen molar-refractivity contribution in [3.8, 4) is 0 Å². The van der Waals surface area contributed by atoms with Crippen LogP contribution in [-0.4, -0.2) is 33.7 Å². The highest BCUT2D eigenvalue weighted by Crippen LogP contribution is 2.77. The second-order valence-corrected chi connectivity index (χ2v) is 14.3. The summed E-state index contributed by atoms with van der Waals surface area (Å²) in [6.07, 6.45) is 9.67. The highest BCUT2D eigenvalue weighted by Gasteiger charge is 2.72. The topological polar surface area (TPSA) is 90.1 Å². The van der Waals surface area contributed by atoms with E-state index in [9.17, 15) is 20.2 Å². The minimum Gasteiger partial charge on any atom is -0.481 e. The number of rotatable bonds is 3. The van der Waals surface area contributed by atoms with Crippen LogP contribution in [0.3, 0.4) is 0 Å². The Morgan fingerprint density at radius 3 is 2.29 bits per heavy atom. The van der Waals surface area contributed by atoms with Gasteiger partial charge in [-0.25, -0.2) is 0 Å². The zero-order valence-corrected chi connectivity index (χ0v) is 22.6. The number of aliphatic hydroxyl groups is 1. The first-order valence-corrected chi connectivity index (χ1v) is 14.1. The van der Waals surface area contributed by atoms with Crippen molar-refractivity contribution in [2.75, 3.05) is 6.61 Å². The predicted octanol–water partition coefficient (Wildman–Crippen LogP) is 6.53. The van der Waals surface area contributed by atoms with Gasteiger partial charge in [-0.2, -0.15) is 0 Å². The van der Waals surface area contributed by atoms with Crippen LogP contribution in [0.5, 0.6) is 0 Å². The third kappa shape index (κ3) is 2.91. The van der Waals surface area contributed by atoms with Crippen molar-refractivity contribution >= 4 is 11.7 Å². The number of carbonyl (C=O) groups is 1. The van der Waals surface area contributed by atoms with Crippen LogP contribution in [0, 0.1) is 56.7 Å². The van der Waals surface area contributed by atoms with E-state index < -0.39 is 16.8 Å². The summed E-state index contributed by atoms with van der Waals surface area (Å²) in [6.45, 7) is 16.1. The molecular formula is C30H47NO4. The van der Waals surface area contributed by atoms with E-state index in [4.69, 9.17) is 0 Å². The number of fused-ring (bicyclic) bond motifs is 7. The average molecular weight is 486 g/mol. The average Bonchev–Trinajstić information content (AvgIpc) is 3.21. The van der Waals surface area contributed by atoms with Gasteiger partial charge in [-0.05, 0) is 117 Å². The molecular weight excluding hydrogens is 438 g/mol. The number of hydrogen-bond donors (Lipinski definition) is 3. The van der Waals surface area contributed by atoms with Crippen molar-refractivity contribution in [1.29, 1.82) is 0 Å². The maximum Gasteiger partial charge on any atom is 0.309 e. The molecule has 5 saturated carbocycles. The van der Waals surface area contributed by atoms with Gasteiger partial charge in [0.2, 0.25) is 0 Å². The van der Waals surface area contributed by atoms with Gasteiger partial charge in [0.25, 0.3) is 0 Å². The first-order valence-electron chi connectivity index (χ1n) is 14.1. The van der Waals surface area contributed by atoms with Crippen molar-refractivity contribution in [2.24, 2.45) is 61.8 Å². The molecule has 5 heteroatoms. The van der Waals surface area contributed by atoms with Gasteiger partial charge in [0.15, 0.2) is 0 Å². The maximum atomic E-state index is 12.8. The number of aliphatic carboxylic acids is 1. The van der Waals surface area contributed by atoms with E-state index in [-0.39, 0.29) is 28.8 Å². The first-order chi connectivity index (χ1) is 16.4. The minimum absolute atomic E-state index is 0.0273. The van der Waals surface area contributed by atoms with E-state index in [2.05, 4.69) is 46.4 Å². The molecule has 3 N–H and O–H groups in total. The van der Waals surface area contributed by atoms with Gasteiger partial charge in [0.1, 0.15) is 0 Å². The molecule has 196 valence electrons. The van der Waals surface area contributed by atoms with Gasteiger partial charge < -0.3 is 15.4 Å². The van der Waals surface area contributed by atoms with Gasteiger partial charge >= 0.3 is 5.97 Å². The molecule has 0 heterocycles. The van der Waals surface area contributed by atoms with Gasteiger partial charge in [0.05, 0.1) is 17.7 Å². The number of allylic oxidation sites excluding steroid dienone is 1. The Morgan fingerprint density at radius 1 is 0.971 bits per heavy atom. The second kappa shape index (κ2) is 7.82. The second-order valence-electron chi connectivity index (χ2n) is 14.3. The summed E-state index contributed by atoms with van der Waals surface area (Å²) in [5.41, 5.74) is 1.22. The first kappa shape index (κ1) is 25.3. The normalized spacial score (nSPS) is 54.3. The van der Waals surface area contributed by atoms with Gasteiger partial charge in [-0.1, -0.05) is 45.0 Å². The molecule has 0 radical (unpaired) electrons. The smallest absolute Gasteiger partial charge is 0.309 e. The van der Waals surface area contributed by atoms with Crippen LogP contribution in [0.15, 0.2) is 17.3 Å². The quantitative estimate of drug-likeness (QED) is 0.241. The molecule has 0 aromatic heterocycles. The Balaban J connectivity index is 1.57. The Bertz CT molecular complexity index is 960. The highest BCUT2D eigenvalue weighted by atomic mass is 16.4. The minimum atomic E-state index is -0.578. The molecule has 0 amide bonds. The molecule has 5 rings (SSSR count). The monoisotopic (exact) mass is 485 g/mol. The van der Waals surface area contributed by atoms with E-state index in [1.165, 1.54) is 5.57 Å². The molecule has 3 unspecified atom stereocenters. The molecule has 35 heavy (non-hydrogen) atoms. The van der Waals surface area contributed by atoms with E-state index in [0.29, 0.717) is 23.7 Å². The van der Waals surface area contributed by atoms with Crippen molar-refractivity contribution in [2.45, 2.75) is 98.8 Å². The van der Waals surface area contributed by atoms with Crippen LogP contribution >= 0.6 is 0 Å². The molecule has 5 nitrogen and oxygen atoms in total. The predicted molar refractivity (Wildman–Crippen MR) is 137 cm³/mol. The molecule has 0 bridgehead atoms. The zero-order chi connectivity index (χ0) is 25.6. The summed E-state index contributed by atoms with van der Waals surface area (Å²) in [4.78, 5) is 12.8. The van der Waals surface area contributed by atoms with Crippen LogP contribution in [0.4, 0.5) is 0 Å². The lowest BCUT2D eigenvalue weighted by Gasteiger charge is -2.72. The molecule has 5 aliphatic rings. The molecule has 5 aliphatic carbocycles. The number of nitrogens with zero attached hydrogens (tertiary/aromatic N) is 1. The van der Waals surface area contributed by atoms with E-state index in [1.54, 1.807) is 0 Å². The Hall–Kier alpha value is -1.36. The van der Waals surface area contributed by atoms with Crippen molar-refractivity contribution in [3.05, 3.63) is 12.2 Å². The van der Waals surface area contributed by atoms with Crippen LogP contribution < -0.4 is 0 Å². The van der Waals surface area contributed by atoms with Crippen molar-refractivity contribution in [1.82, 2.24) is 0 Å². The Labute approximate surface area is 211 Å². The molecule has 0 aliphatic heterocycles.